The second-order valence-corrected chi connectivity index (χ2v) is 10.3. The first-order valence-electron chi connectivity index (χ1n) is 13.4. The molecule has 2 unspecified atom stereocenters. The van der Waals surface area contributed by atoms with E-state index in [9.17, 15) is 4.79 Å². The zero-order chi connectivity index (χ0) is 25.4. The van der Waals surface area contributed by atoms with E-state index in [1.54, 1.807) is 6.92 Å². The minimum absolute atomic E-state index is 0.0866. The molecule has 3 heteroatoms. The number of carbonyl (C=O) groups excluding carboxylic acids is 1. The molecule has 0 bridgehead atoms. The van der Waals surface area contributed by atoms with Crippen LogP contribution < -0.4 is 10.4 Å². The molecule has 0 amide bonds. The van der Waals surface area contributed by atoms with Crippen molar-refractivity contribution in [2.24, 2.45) is 11.8 Å². The van der Waals surface area contributed by atoms with Crippen LogP contribution in [-0.2, 0) is 11.2 Å². The van der Waals surface area contributed by atoms with Gasteiger partial charge in [-0.3, -0.25) is 9.78 Å². The van der Waals surface area contributed by atoms with Gasteiger partial charge in [0.1, 0.15) is 0 Å². The number of ether oxygens (including phenoxy) is 1. The first-order valence-corrected chi connectivity index (χ1v) is 13.4. The molecule has 3 nitrogen and oxygen atoms in total. The maximum atomic E-state index is 11.8. The molecule has 0 aliphatic carbocycles. The molecule has 1 aliphatic rings. The molecule has 1 aliphatic heterocycles. The van der Waals surface area contributed by atoms with E-state index in [1.165, 1.54) is 37.1 Å². The van der Waals surface area contributed by atoms with E-state index in [4.69, 9.17) is 9.72 Å². The van der Waals surface area contributed by atoms with Crippen LogP contribution in [0.25, 0.3) is 18.2 Å². The number of hydrogen-bond donors (Lipinski definition) is 0. The molecule has 3 rings (SSSR count). The Morgan fingerprint density at radius 1 is 1.20 bits per heavy atom. The van der Waals surface area contributed by atoms with E-state index in [-0.39, 0.29) is 5.78 Å². The van der Waals surface area contributed by atoms with Gasteiger partial charge in [-0.15, -0.1) is 0 Å². The summed E-state index contributed by atoms with van der Waals surface area (Å²) < 4.78 is 5.75. The summed E-state index contributed by atoms with van der Waals surface area (Å²) in [6.45, 7) is 16.6. The van der Waals surface area contributed by atoms with Crippen molar-refractivity contribution in [3.05, 3.63) is 69.4 Å². The third kappa shape index (κ3) is 7.24. The maximum Gasteiger partial charge on any atom is 0.159 e. The molecule has 1 fully saturated rings. The van der Waals surface area contributed by atoms with Gasteiger partial charge in [0.15, 0.2) is 5.78 Å². The van der Waals surface area contributed by atoms with Gasteiger partial charge in [-0.1, -0.05) is 77.0 Å². The van der Waals surface area contributed by atoms with Crippen molar-refractivity contribution < 1.29 is 9.53 Å². The van der Waals surface area contributed by atoms with Crippen LogP contribution in [0.3, 0.4) is 0 Å². The Bertz CT molecular complexity index is 1150. The van der Waals surface area contributed by atoms with Crippen molar-refractivity contribution in [2.75, 3.05) is 13.2 Å². The van der Waals surface area contributed by atoms with Crippen molar-refractivity contribution in [3.8, 4) is 0 Å². The number of ketones is 1. The summed E-state index contributed by atoms with van der Waals surface area (Å²) in [7, 11) is 0. The van der Waals surface area contributed by atoms with E-state index >= 15 is 0 Å². The first-order chi connectivity index (χ1) is 16.8. The fraction of sp³-hybridized carbons (Fsp3) is 0.500. The van der Waals surface area contributed by atoms with E-state index in [0.717, 1.165) is 59.1 Å². The Balaban J connectivity index is 2.01. The normalized spacial score (nSPS) is 20.1. The molecular formula is C32H43NO2. The number of aryl methyl sites for hydroxylation is 1. The second-order valence-electron chi connectivity index (χ2n) is 10.3. The number of aromatic nitrogens is 1. The van der Waals surface area contributed by atoms with Crippen LogP contribution in [0.15, 0.2) is 36.4 Å². The lowest BCUT2D eigenvalue weighted by Gasteiger charge is -2.29. The van der Waals surface area contributed by atoms with Gasteiger partial charge in [0.2, 0.25) is 0 Å². The highest BCUT2D eigenvalue weighted by molar-refractivity contribution is 5.95. The predicted molar refractivity (Wildman–Crippen MR) is 148 cm³/mol. The van der Waals surface area contributed by atoms with E-state index < -0.39 is 0 Å². The van der Waals surface area contributed by atoms with Crippen molar-refractivity contribution in [1.29, 1.82) is 0 Å². The fourth-order valence-electron chi connectivity index (χ4n) is 5.18. The lowest BCUT2D eigenvalue weighted by Crippen LogP contribution is -2.36. The fourth-order valence-corrected chi connectivity index (χ4v) is 5.18. The highest BCUT2D eigenvalue weighted by Gasteiger charge is 2.26. The average Bonchev–Trinajstić information content (AvgIpc) is 2.85. The van der Waals surface area contributed by atoms with Crippen molar-refractivity contribution >= 4 is 24.0 Å². The van der Waals surface area contributed by atoms with E-state index in [2.05, 4.69) is 58.6 Å². The highest BCUT2D eigenvalue weighted by Crippen LogP contribution is 2.29. The monoisotopic (exact) mass is 473 g/mol. The number of benzene rings is 1. The van der Waals surface area contributed by atoms with Gasteiger partial charge in [-0.05, 0) is 73.4 Å². The summed E-state index contributed by atoms with van der Waals surface area (Å²) in [4.78, 5) is 17.1. The third-order valence-corrected chi connectivity index (χ3v) is 7.53. The van der Waals surface area contributed by atoms with Gasteiger partial charge >= 0.3 is 0 Å². The average molecular weight is 474 g/mol. The van der Waals surface area contributed by atoms with Crippen LogP contribution in [0.1, 0.15) is 99.9 Å². The maximum absolute atomic E-state index is 11.8. The molecule has 2 heterocycles. The Morgan fingerprint density at radius 3 is 2.66 bits per heavy atom. The minimum atomic E-state index is 0.0866. The number of hydrogen-bond acceptors (Lipinski definition) is 3. The Morgan fingerprint density at radius 2 is 1.97 bits per heavy atom. The molecule has 1 saturated heterocycles. The van der Waals surface area contributed by atoms with Crippen LogP contribution in [-0.4, -0.2) is 24.0 Å². The van der Waals surface area contributed by atoms with Crippen molar-refractivity contribution in [3.63, 3.8) is 0 Å². The standard InChI is InChI=1S/C32H43NO2/c1-7-10-26(8-2)14-15-29-19-23(4)30(32(33-29)31-17-18-35-21-24(31)5)16-13-22(3)27-11-9-12-28(20-27)25(6)34/h9,11-13,16,19-20,24,26,31H,4,7-8,10,14-15,17-18,21H2,1-3,5-6H3/b22-13+,30-16+/t24-,26?,31?/m0/s1. The molecule has 35 heavy (non-hydrogen) atoms. The van der Waals surface area contributed by atoms with Crippen LogP contribution in [0, 0.1) is 11.8 Å². The lowest BCUT2D eigenvalue weighted by atomic mass is 9.85. The quantitative estimate of drug-likeness (QED) is 0.371. The van der Waals surface area contributed by atoms with Crippen LogP contribution in [0.4, 0.5) is 0 Å². The molecule has 0 radical (unpaired) electrons. The number of pyridine rings is 1. The van der Waals surface area contributed by atoms with Gasteiger partial charge in [0.25, 0.3) is 0 Å². The van der Waals surface area contributed by atoms with Gasteiger partial charge in [0, 0.05) is 35.6 Å². The SMILES string of the molecule is C=c1cc(CCC(CC)CCC)nc(C2CCOC[C@@H]2C)/c1=C/C=C(\C)c1cccc(C(C)=O)c1. The summed E-state index contributed by atoms with van der Waals surface area (Å²) in [5.41, 5.74) is 5.27. The van der Waals surface area contributed by atoms with Gasteiger partial charge in [0.05, 0.1) is 5.69 Å². The third-order valence-electron chi connectivity index (χ3n) is 7.53. The van der Waals surface area contributed by atoms with Crippen LogP contribution in [0.5, 0.6) is 0 Å². The molecule has 1 aromatic carbocycles. The van der Waals surface area contributed by atoms with Crippen LogP contribution in [0.2, 0.25) is 0 Å². The number of nitrogens with zero attached hydrogens (tertiary/aromatic N) is 1. The highest BCUT2D eigenvalue weighted by atomic mass is 16.5. The van der Waals surface area contributed by atoms with Crippen molar-refractivity contribution in [2.45, 2.75) is 79.1 Å². The number of allylic oxidation sites excluding steroid dienone is 2. The molecule has 0 N–H and O–H groups in total. The zero-order valence-corrected chi connectivity index (χ0v) is 22.4. The summed E-state index contributed by atoms with van der Waals surface area (Å²) in [5.74, 6) is 1.66. The summed E-state index contributed by atoms with van der Waals surface area (Å²) >= 11 is 0. The predicted octanol–water partition coefficient (Wildman–Crippen LogP) is 6.48. The summed E-state index contributed by atoms with van der Waals surface area (Å²) in [5, 5.41) is 2.18. The molecule has 188 valence electrons. The minimum Gasteiger partial charge on any atom is -0.381 e. The first kappa shape index (κ1) is 27.1. The molecule has 2 aromatic rings. The second kappa shape index (κ2) is 13.0. The lowest BCUT2D eigenvalue weighted by molar-refractivity contribution is 0.0460. The topological polar surface area (TPSA) is 39.2 Å². The zero-order valence-electron chi connectivity index (χ0n) is 22.4. The molecular weight excluding hydrogens is 430 g/mol. The Kier molecular flexibility index (Phi) is 10.0. The van der Waals surface area contributed by atoms with Crippen LogP contribution >= 0.6 is 0 Å². The smallest absolute Gasteiger partial charge is 0.159 e. The van der Waals surface area contributed by atoms with Gasteiger partial charge in [-0.25, -0.2) is 0 Å². The van der Waals surface area contributed by atoms with Gasteiger partial charge in [-0.2, -0.15) is 0 Å². The van der Waals surface area contributed by atoms with E-state index in [0.29, 0.717) is 11.8 Å². The number of carbonyl (C=O) groups is 1. The molecule has 0 spiro atoms. The van der Waals surface area contributed by atoms with E-state index in [1.807, 2.05) is 18.2 Å². The largest absolute Gasteiger partial charge is 0.381 e. The van der Waals surface area contributed by atoms with Crippen molar-refractivity contribution in [1.82, 2.24) is 4.98 Å². The number of rotatable bonds is 10. The van der Waals surface area contributed by atoms with Gasteiger partial charge < -0.3 is 4.74 Å². The Labute approximate surface area is 212 Å². The Hall–Kier alpha value is -2.52. The molecule has 0 saturated carbocycles. The molecule has 3 atom stereocenters. The molecule has 1 aromatic heterocycles. The number of Topliss-reactive ketones (excluding diaryl/α,β-unsaturated/α-hetero) is 1. The summed E-state index contributed by atoms with van der Waals surface area (Å²) in [6.07, 6.45) is 11.3. The summed E-state index contributed by atoms with van der Waals surface area (Å²) in [6, 6.07) is 10.0.